The van der Waals surface area contributed by atoms with Crippen LogP contribution in [0.1, 0.15) is 71.3 Å². The monoisotopic (exact) mass is 538 g/mol. The third kappa shape index (κ3) is 5.30. The highest BCUT2D eigenvalue weighted by Crippen LogP contribution is 2.46. The van der Waals surface area contributed by atoms with Gasteiger partial charge < -0.3 is 23.4 Å². The number of para-hydroxylation sites is 1. The number of rotatable bonds is 12. The van der Waals surface area contributed by atoms with Crippen LogP contribution < -0.4 is 13.9 Å². The molecule has 0 saturated heterocycles. The van der Waals surface area contributed by atoms with E-state index in [0.29, 0.717) is 47.7 Å². The van der Waals surface area contributed by atoms with Crippen molar-refractivity contribution < 1.29 is 18.7 Å². The fourth-order valence-electron chi connectivity index (χ4n) is 6.09. The molecule has 7 heteroatoms. The van der Waals surface area contributed by atoms with Crippen molar-refractivity contribution in [3.8, 4) is 17.4 Å². The molecule has 0 saturated carbocycles. The lowest BCUT2D eigenvalue weighted by Crippen LogP contribution is -2.51. The summed E-state index contributed by atoms with van der Waals surface area (Å²) in [5, 5.41) is 0.922. The maximum Gasteiger partial charge on any atom is 0.260 e. The van der Waals surface area contributed by atoms with Crippen molar-refractivity contribution in [2.45, 2.75) is 78.6 Å². The van der Waals surface area contributed by atoms with Gasteiger partial charge in [0.15, 0.2) is 5.88 Å². The van der Waals surface area contributed by atoms with Crippen LogP contribution in [0.3, 0.4) is 0 Å². The van der Waals surface area contributed by atoms with Gasteiger partial charge >= 0.3 is 0 Å². The molecule has 3 rings (SSSR count). The Labute approximate surface area is 230 Å². The largest absolute Gasteiger partial charge is 0.530 e. The van der Waals surface area contributed by atoms with E-state index in [9.17, 15) is 4.79 Å². The van der Waals surface area contributed by atoms with Gasteiger partial charge in [0.1, 0.15) is 17.1 Å². The lowest BCUT2D eigenvalue weighted by molar-refractivity contribution is 0.0772. The van der Waals surface area contributed by atoms with Crippen LogP contribution in [0.2, 0.25) is 16.6 Å². The van der Waals surface area contributed by atoms with Crippen LogP contribution >= 0.6 is 0 Å². The Morgan fingerprint density at radius 2 is 1.50 bits per heavy atom. The molecule has 1 aromatic heterocycles. The third-order valence-corrected chi connectivity index (χ3v) is 14.0. The van der Waals surface area contributed by atoms with Crippen LogP contribution in [-0.4, -0.2) is 51.0 Å². The van der Waals surface area contributed by atoms with Crippen LogP contribution in [0.4, 0.5) is 0 Å². The van der Waals surface area contributed by atoms with Crippen LogP contribution in [0, 0.1) is 0 Å². The summed E-state index contributed by atoms with van der Waals surface area (Å²) < 4.78 is 20.7. The van der Waals surface area contributed by atoms with Gasteiger partial charge in [-0.1, -0.05) is 59.7 Å². The summed E-state index contributed by atoms with van der Waals surface area (Å²) in [6.45, 7) is 19.5. The van der Waals surface area contributed by atoms with E-state index in [1.807, 2.05) is 55.1 Å². The molecule has 0 unspecified atom stereocenters. The number of hydrogen-bond acceptors (Lipinski definition) is 4. The van der Waals surface area contributed by atoms with Gasteiger partial charge in [-0.05, 0) is 48.7 Å². The van der Waals surface area contributed by atoms with Crippen molar-refractivity contribution in [3.63, 3.8) is 0 Å². The van der Waals surface area contributed by atoms with Gasteiger partial charge in [0, 0.05) is 30.1 Å². The van der Waals surface area contributed by atoms with Crippen molar-refractivity contribution in [1.82, 2.24) is 9.47 Å². The number of fused-ring (bicyclic) bond motifs is 1. The first-order valence-electron chi connectivity index (χ1n) is 13.9. The summed E-state index contributed by atoms with van der Waals surface area (Å²) in [6, 6.07) is 14.0. The minimum absolute atomic E-state index is 0.0146. The normalized spacial score (nSPS) is 12.0. The average molecular weight is 539 g/mol. The number of carbonyl (C=O) groups excluding carboxylic acids is 1. The zero-order valence-corrected chi connectivity index (χ0v) is 25.9. The second-order valence-corrected chi connectivity index (χ2v) is 16.2. The fourth-order valence-corrected chi connectivity index (χ4v) is 11.3. The molecule has 6 nitrogen and oxygen atoms in total. The van der Waals surface area contributed by atoms with E-state index in [-0.39, 0.29) is 5.91 Å². The molecule has 0 fully saturated rings. The van der Waals surface area contributed by atoms with E-state index < -0.39 is 8.32 Å². The van der Waals surface area contributed by atoms with Gasteiger partial charge in [0.25, 0.3) is 14.2 Å². The Bertz CT molecular complexity index is 1220. The van der Waals surface area contributed by atoms with Gasteiger partial charge in [0.2, 0.25) is 0 Å². The molecule has 3 aromatic rings. The van der Waals surface area contributed by atoms with Crippen LogP contribution in [0.25, 0.3) is 10.9 Å². The smallest absolute Gasteiger partial charge is 0.260 e. The number of methoxy groups -OCH3 is 2. The number of ether oxygens (including phenoxy) is 2. The predicted molar refractivity (Wildman–Crippen MR) is 160 cm³/mol. The molecule has 1 amide bonds. The second-order valence-electron chi connectivity index (χ2n) is 10.9. The third-order valence-electron chi connectivity index (χ3n) is 7.99. The standard InChI is InChI=1S/C31H46N2O4Si/c1-11-32(12-2)30(34)29-26-15-13-14-16-27(26)33(20-24-17-18-25(35-9)19-28(24)36-10)31(29)37-38(21(3)4,22(5)6)23(7)8/h13-19,21-23H,11-12,20H2,1-10H3. The molecule has 0 radical (unpaired) electrons. The minimum atomic E-state index is -2.39. The van der Waals surface area contributed by atoms with Crippen molar-refractivity contribution in [2.75, 3.05) is 27.3 Å². The fraction of sp³-hybridized carbons (Fsp3) is 0.516. The summed E-state index contributed by atoms with van der Waals surface area (Å²) in [7, 11) is 0.934. The molecule has 0 aliphatic carbocycles. The van der Waals surface area contributed by atoms with Gasteiger partial charge in [0.05, 0.1) is 26.3 Å². The molecule has 208 valence electrons. The molecular weight excluding hydrogens is 492 g/mol. The number of benzene rings is 2. The zero-order chi connectivity index (χ0) is 28.2. The first-order chi connectivity index (χ1) is 18.1. The molecule has 0 N–H and O–H groups in total. The van der Waals surface area contributed by atoms with E-state index >= 15 is 0 Å². The van der Waals surface area contributed by atoms with Crippen molar-refractivity contribution in [2.24, 2.45) is 0 Å². The summed E-state index contributed by atoms with van der Waals surface area (Å²) in [6.07, 6.45) is 0. The number of carbonyl (C=O) groups is 1. The Balaban J connectivity index is 2.38. The maximum absolute atomic E-state index is 14.1. The molecule has 0 aliphatic heterocycles. The summed E-state index contributed by atoms with van der Waals surface area (Å²) in [5.74, 6) is 2.18. The Hall–Kier alpha value is -2.93. The summed E-state index contributed by atoms with van der Waals surface area (Å²) in [4.78, 5) is 16.0. The molecule has 1 heterocycles. The zero-order valence-electron chi connectivity index (χ0n) is 24.9. The van der Waals surface area contributed by atoms with E-state index in [1.54, 1.807) is 14.2 Å². The average Bonchev–Trinajstić information content (AvgIpc) is 3.19. The molecule has 0 aliphatic rings. The SMILES string of the molecule is CCN(CC)C(=O)c1c(O[Si](C(C)C)(C(C)C)C(C)C)n(Cc2ccc(OC)cc2OC)c2ccccc12. The quantitative estimate of drug-likeness (QED) is 0.221. The van der Waals surface area contributed by atoms with E-state index in [2.05, 4.69) is 52.2 Å². The van der Waals surface area contributed by atoms with Crippen LogP contribution in [0.15, 0.2) is 42.5 Å². The van der Waals surface area contributed by atoms with Crippen LogP contribution in [0.5, 0.6) is 17.4 Å². The number of amides is 1. The van der Waals surface area contributed by atoms with Crippen molar-refractivity contribution >= 4 is 25.1 Å². The van der Waals surface area contributed by atoms with Gasteiger partial charge in [-0.15, -0.1) is 0 Å². The molecular formula is C31H46N2O4Si. The highest BCUT2D eigenvalue weighted by molar-refractivity contribution is 6.78. The lowest BCUT2D eigenvalue weighted by atomic mass is 10.1. The maximum atomic E-state index is 14.1. The Morgan fingerprint density at radius 3 is 2.03 bits per heavy atom. The number of hydrogen-bond donors (Lipinski definition) is 0. The highest BCUT2D eigenvalue weighted by Gasteiger charge is 2.48. The predicted octanol–water partition coefficient (Wildman–Crippen LogP) is 7.74. The summed E-state index contributed by atoms with van der Waals surface area (Å²) in [5.41, 5.74) is 3.72. The molecule has 0 atom stereocenters. The number of nitrogens with zero attached hydrogens (tertiary/aromatic N) is 2. The van der Waals surface area contributed by atoms with E-state index in [4.69, 9.17) is 13.9 Å². The van der Waals surface area contributed by atoms with Crippen LogP contribution in [-0.2, 0) is 6.54 Å². The molecule has 0 spiro atoms. The molecule has 38 heavy (non-hydrogen) atoms. The second kappa shape index (κ2) is 12.3. The Kier molecular flexibility index (Phi) is 9.58. The molecule has 0 bridgehead atoms. The topological polar surface area (TPSA) is 52.9 Å². The summed E-state index contributed by atoms with van der Waals surface area (Å²) >= 11 is 0. The minimum Gasteiger partial charge on any atom is -0.530 e. The van der Waals surface area contributed by atoms with E-state index in [1.165, 1.54) is 0 Å². The van der Waals surface area contributed by atoms with Crippen molar-refractivity contribution in [1.29, 1.82) is 0 Å². The first-order valence-corrected chi connectivity index (χ1v) is 16.0. The molecule has 2 aromatic carbocycles. The Morgan fingerprint density at radius 1 is 0.895 bits per heavy atom. The van der Waals surface area contributed by atoms with Gasteiger partial charge in [-0.25, -0.2) is 0 Å². The van der Waals surface area contributed by atoms with Gasteiger partial charge in [-0.2, -0.15) is 0 Å². The lowest BCUT2D eigenvalue weighted by Gasteiger charge is -2.42. The van der Waals surface area contributed by atoms with Gasteiger partial charge in [-0.3, -0.25) is 4.79 Å². The highest BCUT2D eigenvalue weighted by atomic mass is 28.4. The first kappa shape index (κ1) is 29.6. The van der Waals surface area contributed by atoms with Crippen molar-refractivity contribution in [3.05, 3.63) is 53.6 Å². The van der Waals surface area contributed by atoms with E-state index in [0.717, 1.165) is 28.0 Å². The number of aromatic nitrogens is 1.